The monoisotopic (exact) mass is 290 g/mol. The maximum atomic E-state index is 11.7. The second kappa shape index (κ2) is 12.8. The first kappa shape index (κ1) is 18.2. The molecule has 0 aromatic heterocycles. The van der Waals surface area contributed by atoms with Crippen LogP contribution in [0, 0.1) is 5.21 Å². The summed E-state index contributed by atoms with van der Waals surface area (Å²) in [4.78, 5) is 0. The van der Waals surface area contributed by atoms with Crippen molar-refractivity contribution in [2.45, 2.75) is 71.1 Å². The van der Waals surface area contributed by atoms with Crippen molar-refractivity contribution in [1.82, 2.24) is 5.06 Å². The molecule has 120 valence electrons. The van der Waals surface area contributed by atoms with Gasteiger partial charge in [-0.05, 0) is 31.5 Å². The van der Waals surface area contributed by atoms with Gasteiger partial charge < -0.3 is 10.3 Å². The van der Waals surface area contributed by atoms with Gasteiger partial charge >= 0.3 is 0 Å². The third kappa shape index (κ3) is 10.5. The Balaban J connectivity index is 1.88. The Hall–Kier alpha value is -0.860. The molecule has 0 amide bonds. The van der Waals surface area contributed by atoms with Gasteiger partial charge in [-0.3, -0.25) is 0 Å². The summed E-state index contributed by atoms with van der Waals surface area (Å²) in [5.41, 5.74) is 1.26. The molecule has 2 heteroatoms. The summed E-state index contributed by atoms with van der Waals surface area (Å²) in [5, 5.41) is 13.0. The maximum absolute atomic E-state index is 11.7. The number of hydroxylamine groups is 2. The maximum Gasteiger partial charge on any atom is -0.0103 e. The first-order valence-corrected chi connectivity index (χ1v) is 8.79. The van der Waals surface area contributed by atoms with Crippen molar-refractivity contribution in [2.75, 3.05) is 13.1 Å². The number of benzene rings is 1. The summed E-state index contributed by atoms with van der Waals surface area (Å²) in [6.07, 6.45) is 12.6. The Kier molecular flexibility index (Phi) is 11.1. The first-order chi connectivity index (χ1) is 10.3. The van der Waals surface area contributed by atoms with Gasteiger partial charge in [-0.1, -0.05) is 88.6 Å². The van der Waals surface area contributed by atoms with E-state index in [1.807, 2.05) is 18.2 Å². The van der Waals surface area contributed by atoms with Crippen LogP contribution in [0.2, 0.25) is 0 Å². The Labute approximate surface area is 131 Å². The van der Waals surface area contributed by atoms with Gasteiger partial charge in [-0.2, -0.15) is 0 Å². The number of hydrogen-bond acceptors (Lipinski definition) is 2. The fourth-order valence-corrected chi connectivity index (χ4v) is 2.61. The van der Waals surface area contributed by atoms with Gasteiger partial charge in [0, 0.05) is 0 Å². The number of rotatable bonds is 13. The van der Waals surface area contributed by atoms with Gasteiger partial charge in [0.1, 0.15) is 0 Å². The van der Waals surface area contributed by atoms with E-state index in [0.717, 1.165) is 12.8 Å². The van der Waals surface area contributed by atoms with Crippen LogP contribution in [0.3, 0.4) is 0 Å². The predicted molar refractivity (Wildman–Crippen MR) is 92.3 cm³/mol. The molecule has 0 unspecified atom stereocenters. The van der Waals surface area contributed by atoms with Gasteiger partial charge in [0.25, 0.3) is 0 Å². The number of nitrogens with zero attached hydrogens (tertiary/aromatic N) is 1. The SMILES string of the molecule is CCCCCCCCCCCN([O-])CCc1ccccc1. The zero-order chi connectivity index (χ0) is 15.2. The lowest BCUT2D eigenvalue weighted by molar-refractivity contribution is 0.366. The fraction of sp³-hybridized carbons (Fsp3) is 0.684. The average molecular weight is 290 g/mol. The zero-order valence-corrected chi connectivity index (χ0v) is 13.7. The van der Waals surface area contributed by atoms with Crippen LogP contribution < -0.4 is 0 Å². The minimum atomic E-state index is 0.626. The van der Waals surface area contributed by atoms with Crippen molar-refractivity contribution in [2.24, 2.45) is 0 Å². The van der Waals surface area contributed by atoms with Crippen LogP contribution in [0.5, 0.6) is 0 Å². The molecular weight excluding hydrogens is 258 g/mol. The molecule has 1 aromatic rings. The van der Waals surface area contributed by atoms with E-state index in [9.17, 15) is 5.21 Å². The van der Waals surface area contributed by atoms with Gasteiger partial charge in [-0.15, -0.1) is 0 Å². The van der Waals surface area contributed by atoms with Gasteiger partial charge in [0.2, 0.25) is 0 Å². The Morgan fingerprint density at radius 3 is 1.95 bits per heavy atom. The predicted octanol–water partition coefficient (Wildman–Crippen LogP) is 5.56. The lowest BCUT2D eigenvalue weighted by Gasteiger charge is -2.28. The van der Waals surface area contributed by atoms with E-state index in [-0.39, 0.29) is 0 Å². The van der Waals surface area contributed by atoms with Crippen molar-refractivity contribution in [3.8, 4) is 0 Å². The van der Waals surface area contributed by atoms with Crippen molar-refractivity contribution < 1.29 is 0 Å². The molecule has 0 aliphatic carbocycles. The van der Waals surface area contributed by atoms with E-state index in [1.54, 1.807) is 0 Å². The summed E-state index contributed by atoms with van der Waals surface area (Å²) in [6.45, 7) is 3.58. The minimum absolute atomic E-state index is 0.626. The molecule has 0 fully saturated rings. The molecule has 0 N–H and O–H groups in total. The van der Waals surface area contributed by atoms with Crippen LogP contribution in [0.25, 0.3) is 0 Å². The number of hydrogen-bond donors (Lipinski definition) is 0. The molecule has 0 spiro atoms. The van der Waals surface area contributed by atoms with Gasteiger partial charge in [0.15, 0.2) is 0 Å². The normalized spacial score (nSPS) is 11.2. The van der Waals surface area contributed by atoms with Crippen molar-refractivity contribution in [3.63, 3.8) is 0 Å². The molecular formula is C19H32NO-. The highest BCUT2D eigenvalue weighted by atomic mass is 16.5. The highest BCUT2D eigenvalue weighted by Crippen LogP contribution is 2.10. The van der Waals surface area contributed by atoms with Gasteiger partial charge in [0.05, 0.1) is 0 Å². The average Bonchev–Trinajstić information content (AvgIpc) is 2.52. The Morgan fingerprint density at radius 2 is 1.33 bits per heavy atom. The summed E-state index contributed by atoms with van der Waals surface area (Å²) in [5.74, 6) is 0. The molecule has 0 atom stereocenters. The first-order valence-electron chi connectivity index (χ1n) is 8.79. The van der Waals surface area contributed by atoms with E-state index in [0.29, 0.717) is 13.1 Å². The Morgan fingerprint density at radius 1 is 0.762 bits per heavy atom. The summed E-state index contributed by atoms with van der Waals surface area (Å²) in [7, 11) is 0. The summed E-state index contributed by atoms with van der Waals surface area (Å²) >= 11 is 0. The molecule has 21 heavy (non-hydrogen) atoms. The van der Waals surface area contributed by atoms with E-state index in [4.69, 9.17) is 0 Å². The lowest BCUT2D eigenvalue weighted by atomic mass is 10.1. The molecule has 0 aliphatic heterocycles. The van der Waals surface area contributed by atoms with Crippen LogP contribution in [0.4, 0.5) is 0 Å². The van der Waals surface area contributed by atoms with Crippen LogP contribution >= 0.6 is 0 Å². The molecule has 1 rings (SSSR count). The molecule has 2 nitrogen and oxygen atoms in total. The topological polar surface area (TPSA) is 26.3 Å². The quantitative estimate of drug-likeness (QED) is 0.351. The summed E-state index contributed by atoms with van der Waals surface area (Å²) < 4.78 is 0. The van der Waals surface area contributed by atoms with Crippen molar-refractivity contribution >= 4 is 0 Å². The minimum Gasteiger partial charge on any atom is -0.785 e. The van der Waals surface area contributed by atoms with E-state index >= 15 is 0 Å². The van der Waals surface area contributed by atoms with E-state index < -0.39 is 0 Å². The summed E-state index contributed by atoms with van der Waals surface area (Å²) in [6, 6.07) is 10.3. The molecule has 0 bridgehead atoms. The second-order valence-corrected chi connectivity index (χ2v) is 5.99. The largest absolute Gasteiger partial charge is 0.785 e. The molecule has 0 saturated carbocycles. The van der Waals surface area contributed by atoms with E-state index in [1.165, 1.54) is 62.0 Å². The van der Waals surface area contributed by atoms with Crippen molar-refractivity contribution in [3.05, 3.63) is 41.1 Å². The third-order valence-electron chi connectivity index (χ3n) is 4.00. The molecule has 0 heterocycles. The highest BCUT2D eigenvalue weighted by Gasteiger charge is 1.96. The van der Waals surface area contributed by atoms with Gasteiger partial charge in [-0.25, -0.2) is 0 Å². The smallest absolute Gasteiger partial charge is 0.0103 e. The highest BCUT2D eigenvalue weighted by molar-refractivity contribution is 5.14. The standard InChI is InChI=1S/C19H32NO/c1-2-3-4-5-6-7-8-9-13-17-20(21)18-16-19-14-11-10-12-15-19/h10-12,14-15H,2-9,13,16-18H2,1H3/q-1. The molecule has 0 saturated heterocycles. The third-order valence-corrected chi connectivity index (χ3v) is 4.00. The van der Waals surface area contributed by atoms with Crippen LogP contribution in [0.15, 0.2) is 30.3 Å². The van der Waals surface area contributed by atoms with Crippen LogP contribution in [0.1, 0.15) is 70.3 Å². The van der Waals surface area contributed by atoms with Crippen LogP contribution in [-0.2, 0) is 6.42 Å². The lowest BCUT2D eigenvalue weighted by Crippen LogP contribution is -2.20. The molecule has 1 aromatic carbocycles. The second-order valence-electron chi connectivity index (χ2n) is 5.99. The van der Waals surface area contributed by atoms with Crippen molar-refractivity contribution in [1.29, 1.82) is 0 Å². The van der Waals surface area contributed by atoms with E-state index in [2.05, 4.69) is 19.1 Å². The fourth-order valence-electron chi connectivity index (χ4n) is 2.61. The zero-order valence-electron chi connectivity index (χ0n) is 13.7. The van der Waals surface area contributed by atoms with Crippen LogP contribution in [-0.4, -0.2) is 18.2 Å². The molecule has 0 radical (unpaired) electrons. The molecule has 0 aliphatic rings. The Bertz CT molecular complexity index is 326. The number of unbranched alkanes of at least 4 members (excludes halogenated alkanes) is 8.